The van der Waals surface area contributed by atoms with E-state index in [0.29, 0.717) is 12.4 Å². The highest BCUT2D eigenvalue weighted by atomic mass is 16.1. The van der Waals surface area contributed by atoms with Gasteiger partial charge in [0.1, 0.15) is 0 Å². The Morgan fingerprint density at radius 3 is 2.75 bits per heavy atom. The second-order valence-corrected chi connectivity index (χ2v) is 6.14. The Morgan fingerprint density at radius 1 is 1.17 bits per heavy atom. The molecular formula is C19H20N4O. The summed E-state index contributed by atoms with van der Waals surface area (Å²) in [4.78, 5) is 17.0. The standard InChI is InChI=1S/C19H20N4O/c24-18(13-14-7-6-12-20-14)22-19-21-16-10-4-5-11-17(16)23(19)15-8-2-1-3-9-15/h1-5,8-11,14,20H,6-7,12-13H2,(H,21,22,24). The van der Waals surface area contributed by atoms with Gasteiger partial charge in [0.05, 0.1) is 11.0 Å². The van der Waals surface area contributed by atoms with Crippen molar-refractivity contribution in [3.63, 3.8) is 0 Å². The molecule has 0 saturated carbocycles. The predicted octanol–water partition coefficient (Wildman–Crippen LogP) is 3.11. The molecule has 1 aliphatic heterocycles. The van der Waals surface area contributed by atoms with Crippen LogP contribution in [0.4, 0.5) is 5.95 Å². The van der Waals surface area contributed by atoms with Crippen molar-refractivity contribution in [1.82, 2.24) is 14.9 Å². The first kappa shape index (κ1) is 14.9. The molecule has 1 amide bonds. The maximum Gasteiger partial charge on any atom is 0.228 e. The molecule has 5 heteroatoms. The molecule has 0 spiro atoms. The highest BCUT2D eigenvalue weighted by Gasteiger charge is 2.20. The monoisotopic (exact) mass is 320 g/mol. The largest absolute Gasteiger partial charge is 0.313 e. The van der Waals surface area contributed by atoms with Crippen LogP contribution in [-0.4, -0.2) is 28.0 Å². The van der Waals surface area contributed by atoms with Gasteiger partial charge in [0.25, 0.3) is 0 Å². The summed E-state index contributed by atoms with van der Waals surface area (Å²) >= 11 is 0. The Labute approximate surface area is 140 Å². The van der Waals surface area contributed by atoms with Crippen molar-refractivity contribution in [3.05, 3.63) is 54.6 Å². The normalized spacial score (nSPS) is 17.2. The zero-order valence-electron chi connectivity index (χ0n) is 13.4. The van der Waals surface area contributed by atoms with E-state index in [1.807, 2.05) is 59.2 Å². The van der Waals surface area contributed by atoms with Crippen LogP contribution < -0.4 is 10.6 Å². The number of anilines is 1. The Balaban J connectivity index is 1.68. The first-order valence-corrected chi connectivity index (χ1v) is 8.37. The number of carbonyl (C=O) groups is 1. The number of amides is 1. The van der Waals surface area contributed by atoms with Crippen LogP contribution in [0.15, 0.2) is 54.6 Å². The molecule has 2 N–H and O–H groups in total. The summed E-state index contributed by atoms with van der Waals surface area (Å²) in [5, 5.41) is 6.36. The van der Waals surface area contributed by atoms with Crippen LogP contribution in [-0.2, 0) is 4.79 Å². The van der Waals surface area contributed by atoms with Gasteiger partial charge < -0.3 is 5.32 Å². The van der Waals surface area contributed by atoms with Gasteiger partial charge in [-0.25, -0.2) is 4.98 Å². The highest BCUT2D eigenvalue weighted by Crippen LogP contribution is 2.24. The molecule has 1 aromatic heterocycles. The number of fused-ring (bicyclic) bond motifs is 1. The summed E-state index contributed by atoms with van der Waals surface area (Å²) in [6.07, 6.45) is 2.68. The minimum absolute atomic E-state index is 0.00175. The zero-order chi connectivity index (χ0) is 16.4. The fourth-order valence-electron chi connectivity index (χ4n) is 3.28. The molecule has 1 fully saturated rings. The third kappa shape index (κ3) is 2.90. The molecule has 0 radical (unpaired) electrons. The molecule has 122 valence electrons. The Morgan fingerprint density at radius 2 is 1.96 bits per heavy atom. The number of hydrogen-bond donors (Lipinski definition) is 2. The molecule has 1 saturated heterocycles. The van der Waals surface area contributed by atoms with E-state index in [0.717, 1.165) is 36.1 Å². The molecule has 1 atom stereocenters. The van der Waals surface area contributed by atoms with Crippen LogP contribution in [0.2, 0.25) is 0 Å². The van der Waals surface area contributed by atoms with Crippen LogP contribution in [0.25, 0.3) is 16.7 Å². The smallest absolute Gasteiger partial charge is 0.228 e. The van der Waals surface area contributed by atoms with E-state index < -0.39 is 0 Å². The third-order valence-corrected chi connectivity index (χ3v) is 4.42. The van der Waals surface area contributed by atoms with E-state index in [-0.39, 0.29) is 11.9 Å². The zero-order valence-corrected chi connectivity index (χ0v) is 13.4. The van der Waals surface area contributed by atoms with Crippen LogP contribution in [0.3, 0.4) is 0 Å². The van der Waals surface area contributed by atoms with E-state index in [9.17, 15) is 4.79 Å². The summed E-state index contributed by atoms with van der Waals surface area (Å²) in [5.41, 5.74) is 2.84. The lowest BCUT2D eigenvalue weighted by Gasteiger charge is -2.12. The Kier molecular flexibility index (Phi) is 4.01. The van der Waals surface area contributed by atoms with Crippen molar-refractivity contribution in [2.75, 3.05) is 11.9 Å². The average molecular weight is 320 g/mol. The van der Waals surface area contributed by atoms with Crippen molar-refractivity contribution < 1.29 is 4.79 Å². The van der Waals surface area contributed by atoms with Crippen molar-refractivity contribution in [2.45, 2.75) is 25.3 Å². The minimum Gasteiger partial charge on any atom is -0.313 e. The highest BCUT2D eigenvalue weighted by molar-refractivity contribution is 5.92. The van der Waals surface area contributed by atoms with Crippen LogP contribution in [0.5, 0.6) is 0 Å². The maximum atomic E-state index is 12.4. The lowest BCUT2D eigenvalue weighted by Crippen LogP contribution is -2.28. The summed E-state index contributed by atoms with van der Waals surface area (Å²) in [6, 6.07) is 18.2. The number of nitrogens with one attached hydrogen (secondary N) is 2. The first-order chi connectivity index (χ1) is 11.8. The Bertz CT molecular complexity index is 850. The molecule has 24 heavy (non-hydrogen) atoms. The number of aromatic nitrogens is 2. The summed E-state index contributed by atoms with van der Waals surface area (Å²) < 4.78 is 2.00. The molecule has 0 bridgehead atoms. The molecule has 1 aliphatic rings. The summed E-state index contributed by atoms with van der Waals surface area (Å²) in [5.74, 6) is 0.576. The lowest BCUT2D eigenvalue weighted by atomic mass is 10.1. The van der Waals surface area contributed by atoms with Gasteiger partial charge in [0.2, 0.25) is 11.9 Å². The van der Waals surface area contributed by atoms with Gasteiger partial charge in [-0.1, -0.05) is 30.3 Å². The number of carbonyl (C=O) groups excluding carboxylic acids is 1. The molecule has 5 nitrogen and oxygen atoms in total. The quantitative estimate of drug-likeness (QED) is 0.776. The molecule has 4 rings (SSSR count). The summed E-state index contributed by atoms with van der Waals surface area (Å²) in [6.45, 7) is 1.00. The number of nitrogens with zero attached hydrogens (tertiary/aromatic N) is 2. The van der Waals surface area contributed by atoms with Gasteiger partial charge in [-0.3, -0.25) is 14.7 Å². The molecule has 0 aliphatic carbocycles. The van der Waals surface area contributed by atoms with Crippen LogP contribution in [0.1, 0.15) is 19.3 Å². The van der Waals surface area contributed by atoms with Crippen LogP contribution >= 0.6 is 0 Å². The van der Waals surface area contributed by atoms with E-state index >= 15 is 0 Å². The molecular weight excluding hydrogens is 300 g/mol. The topological polar surface area (TPSA) is 59.0 Å². The fraction of sp³-hybridized carbons (Fsp3) is 0.263. The lowest BCUT2D eigenvalue weighted by molar-refractivity contribution is -0.116. The average Bonchev–Trinajstić information content (AvgIpc) is 3.22. The van der Waals surface area contributed by atoms with Gasteiger partial charge in [-0.2, -0.15) is 0 Å². The van der Waals surface area contributed by atoms with E-state index in [4.69, 9.17) is 0 Å². The number of benzene rings is 2. The minimum atomic E-state index is 0.00175. The Hall–Kier alpha value is -2.66. The number of para-hydroxylation sites is 3. The molecule has 2 heterocycles. The van der Waals surface area contributed by atoms with Crippen LogP contribution in [0, 0.1) is 0 Å². The van der Waals surface area contributed by atoms with Gasteiger partial charge >= 0.3 is 0 Å². The van der Waals surface area contributed by atoms with Gasteiger partial charge in [-0.05, 0) is 43.7 Å². The SMILES string of the molecule is O=C(CC1CCCN1)Nc1nc2ccccc2n1-c1ccccc1. The third-order valence-electron chi connectivity index (χ3n) is 4.42. The molecule has 3 aromatic rings. The number of imidazole rings is 1. The van der Waals surface area contributed by atoms with E-state index in [1.165, 1.54) is 0 Å². The van der Waals surface area contributed by atoms with Crippen molar-refractivity contribution >= 4 is 22.9 Å². The van der Waals surface area contributed by atoms with Gasteiger partial charge in [-0.15, -0.1) is 0 Å². The van der Waals surface area contributed by atoms with E-state index in [1.54, 1.807) is 0 Å². The maximum absolute atomic E-state index is 12.4. The fourth-order valence-corrected chi connectivity index (χ4v) is 3.28. The van der Waals surface area contributed by atoms with Crippen molar-refractivity contribution in [2.24, 2.45) is 0 Å². The number of rotatable bonds is 4. The van der Waals surface area contributed by atoms with Crippen molar-refractivity contribution in [1.29, 1.82) is 0 Å². The van der Waals surface area contributed by atoms with Gasteiger partial charge in [0, 0.05) is 18.2 Å². The van der Waals surface area contributed by atoms with Crippen molar-refractivity contribution in [3.8, 4) is 5.69 Å². The van der Waals surface area contributed by atoms with E-state index in [2.05, 4.69) is 15.6 Å². The molecule has 1 unspecified atom stereocenters. The predicted molar refractivity (Wildman–Crippen MR) is 95.3 cm³/mol. The number of hydrogen-bond acceptors (Lipinski definition) is 3. The second kappa shape index (κ2) is 6.45. The first-order valence-electron chi connectivity index (χ1n) is 8.37. The van der Waals surface area contributed by atoms with Gasteiger partial charge in [0.15, 0.2) is 0 Å². The molecule has 2 aromatic carbocycles. The second-order valence-electron chi connectivity index (χ2n) is 6.14. The summed E-state index contributed by atoms with van der Waals surface area (Å²) in [7, 11) is 0.